The van der Waals surface area contributed by atoms with Gasteiger partial charge in [-0.05, 0) is 17.9 Å². The van der Waals surface area contributed by atoms with Crippen molar-refractivity contribution in [3.63, 3.8) is 0 Å². The maximum Gasteiger partial charge on any atom is 0.239 e. The van der Waals surface area contributed by atoms with Gasteiger partial charge in [0.25, 0.3) is 0 Å². The summed E-state index contributed by atoms with van der Waals surface area (Å²) in [7, 11) is 0. The van der Waals surface area contributed by atoms with Crippen LogP contribution in [-0.4, -0.2) is 24.9 Å². The summed E-state index contributed by atoms with van der Waals surface area (Å²) in [5.41, 5.74) is 1.13. The van der Waals surface area contributed by atoms with E-state index >= 15 is 0 Å². The van der Waals surface area contributed by atoms with Gasteiger partial charge < -0.3 is 10.6 Å². The molecule has 0 saturated heterocycles. The summed E-state index contributed by atoms with van der Waals surface area (Å²) in [6.07, 6.45) is 1.29. The van der Waals surface area contributed by atoms with Crippen molar-refractivity contribution in [3.05, 3.63) is 35.9 Å². The number of rotatable bonds is 7. The fraction of sp³-hybridized carbons (Fsp3) is 0.467. The van der Waals surface area contributed by atoms with Gasteiger partial charge in [-0.2, -0.15) is 0 Å². The van der Waals surface area contributed by atoms with Crippen molar-refractivity contribution in [2.75, 3.05) is 13.1 Å². The first-order chi connectivity index (χ1) is 9.13. The minimum absolute atomic E-state index is 0.0559. The summed E-state index contributed by atoms with van der Waals surface area (Å²) in [5.74, 6) is -0.0783. The topological polar surface area (TPSA) is 58.2 Å². The Morgan fingerprint density at radius 3 is 2.42 bits per heavy atom. The van der Waals surface area contributed by atoms with Crippen molar-refractivity contribution in [2.24, 2.45) is 0 Å². The van der Waals surface area contributed by atoms with Crippen LogP contribution in [0.5, 0.6) is 0 Å². The van der Waals surface area contributed by atoms with Gasteiger partial charge in [-0.15, -0.1) is 0 Å². The zero-order valence-corrected chi connectivity index (χ0v) is 11.6. The van der Waals surface area contributed by atoms with E-state index < -0.39 is 0 Å². The van der Waals surface area contributed by atoms with Crippen molar-refractivity contribution >= 4 is 11.8 Å². The molecule has 19 heavy (non-hydrogen) atoms. The van der Waals surface area contributed by atoms with Crippen LogP contribution in [0.4, 0.5) is 0 Å². The van der Waals surface area contributed by atoms with Gasteiger partial charge in [0.15, 0.2) is 0 Å². The smallest absolute Gasteiger partial charge is 0.239 e. The van der Waals surface area contributed by atoms with Crippen LogP contribution in [0.3, 0.4) is 0 Å². The zero-order valence-electron chi connectivity index (χ0n) is 11.6. The van der Waals surface area contributed by atoms with E-state index in [9.17, 15) is 9.59 Å². The van der Waals surface area contributed by atoms with Gasteiger partial charge in [-0.25, -0.2) is 0 Å². The van der Waals surface area contributed by atoms with E-state index in [1.54, 1.807) is 0 Å². The molecular formula is C15H22N2O2. The Labute approximate surface area is 114 Å². The molecule has 0 saturated carbocycles. The first-order valence-electron chi connectivity index (χ1n) is 6.71. The van der Waals surface area contributed by atoms with Crippen LogP contribution in [0.2, 0.25) is 0 Å². The second kappa shape index (κ2) is 8.29. The summed E-state index contributed by atoms with van der Waals surface area (Å²) in [4.78, 5) is 23.1. The number of amides is 2. The molecule has 1 rings (SSSR count). The van der Waals surface area contributed by atoms with Crippen molar-refractivity contribution in [1.82, 2.24) is 10.6 Å². The summed E-state index contributed by atoms with van der Waals surface area (Å²) in [5, 5.41) is 5.36. The summed E-state index contributed by atoms with van der Waals surface area (Å²) in [6, 6.07) is 9.88. The van der Waals surface area contributed by atoms with E-state index in [1.165, 1.54) is 0 Å². The maximum atomic E-state index is 11.7. The molecule has 0 bridgehead atoms. The highest BCUT2D eigenvalue weighted by Gasteiger charge is 2.11. The molecule has 1 atom stereocenters. The number of nitrogens with one attached hydrogen (secondary N) is 2. The third kappa shape index (κ3) is 6.04. The zero-order chi connectivity index (χ0) is 14.1. The molecule has 4 heteroatoms. The molecule has 0 aliphatic rings. The average Bonchev–Trinajstić information content (AvgIpc) is 2.43. The van der Waals surface area contributed by atoms with E-state index in [2.05, 4.69) is 10.6 Å². The highest BCUT2D eigenvalue weighted by atomic mass is 16.2. The molecule has 104 valence electrons. The number of benzene rings is 1. The molecule has 1 aromatic rings. The van der Waals surface area contributed by atoms with Crippen LogP contribution in [0.1, 0.15) is 38.2 Å². The SMILES string of the molecule is CCCNC(=O)CNC(=O)CC(C)c1ccccc1. The third-order valence-electron chi connectivity index (χ3n) is 2.88. The Morgan fingerprint density at radius 1 is 1.11 bits per heavy atom. The number of hydrogen-bond acceptors (Lipinski definition) is 2. The minimum atomic E-state index is -0.137. The molecule has 0 aliphatic carbocycles. The van der Waals surface area contributed by atoms with E-state index in [-0.39, 0.29) is 24.3 Å². The Hall–Kier alpha value is -1.84. The predicted octanol–water partition coefficient (Wildman–Crippen LogP) is 1.82. The van der Waals surface area contributed by atoms with Crippen LogP contribution in [0, 0.1) is 0 Å². The normalized spacial score (nSPS) is 11.7. The van der Waals surface area contributed by atoms with Crippen molar-refractivity contribution in [1.29, 1.82) is 0 Å². The van der Waals surface area contributed by atoms with Gasteiger partial charge >= 0.3 is 0 Å². The molecule has 0 fully saturated rings. The van der Waals surface area contributed by atoms with Gasteiger partial charge in [-0.3, -0.25) is 9.59 Å². The van der Waals surface area contributed by atoms with Gasteiger partial charge in [0.05, 0.1) is 6.54 Å². The lowest BCUT2D eigenvalue weighted by Gasteiger charge is -2.12. The average molecular weight is 262 g/mol. The number of hydrogen-bond donors (Lipinski definition) is 2. The Bertz CT molecular complexity index is 404. The maximum absolute atomic E-state index is 11.7. The van der Waals surface area contributed by atoms with Crippen LogP contribution in [0.15, 0.2) is 30.3 Å². The van der Waals surface area contributed by atoms with Crippen LogP contribution in [-0.2, 0) is 9.59 Å². The molecule has 1 aromatic carbocycles. The van der Waals surface area contributed by atoms with Gasteiger partial charge in [0, 0.05) is 13.0 Å². The third-order valence-corrected chi connectivity index (χ3v) is 2.88. The van der Waals surface area contributed by atoms with E-state index in [0.29, 0.717) is 13.0 Å². The van der Waals surface area contributed by atoms with E-state index in [1.807, 2.05) is 44.2 Å². The molecule has 0 heterocycles. The quantitative estimate of drug-likeness (QED) is 0.787. The lowest BCUT2D eigenvalue weighted by Crippen LogP contribution is -2.37. The molecule has 0 aromatic heterocycles. The number of carbonyl (C=O) groups is 2. The van der Waals surface area contributed by atoms with E-state index in [4.69, 9.17) is 0 Å². The van der Waals surface area contributed by atoms with Crippen molar-refractivity contribution in [2.45, 2.75) is 32.6 Å². The van der Waals surface area contributed by atoms with Gasteiger partial charge in [0.1, 0.15) is 0 Å². The lowest BCUT2D eigenvalue weighted by atomic mass is 9.98. The predicted molar refractivity (Wildman–Crippen MR) is 75.8 cm³/mol. The molecule has 4 nitrogen and oxygen atoms in total. The van der Waals surface area contributed by atoms with Crippen LogP contribution in [0.25, 0.3) is 0 Å². The molecule has 2 N–H and O–H groups in total. The Balaban J connectivity index is 2.29. The second-order valence-corrected chi connectivity index (χ2v) is 4.64. The Morgan fingerprint density at radius 2 is 1.79 bits per heavy atom. The lowest BCUT2D eigenvalue weighted by molar-refractivity contribution is -0.126. The Kier molecular flexibility index (Phi) is 6.64. The van der Waals surface area contributed by atoms with Crippen molar-refractivity contribution < 1.29 is 9.59 Å². The molecule has 1 unspecified atom stereocenters. The molecule has 2 amide bonds. The minimum Gasteiger partial charge on any atom is -0.355 e. The highest BCUT2D eigenvalue weighted by molar-refractivity contribution is 5.84. The molecular weight excluding hydrogens is 240 g/mol. The largest absolute Gasteiger partial charge is 0.355 e. The van der Waals surface area contributed by atoms with Crippen LogP contribution < -0.4 is 10.6 Å². The standard InChI is InChI=1S/C15H22N2O2/c1-3-9-16-15(19)11-17-14(18)10-12(2)13-7-5-4-6-8-13/h4-8,12H,3,9-11H2,1-2H3,(H,16,19)(H,17,18). The van der Waals surface area contributed by atoms with Gasteiger partial charge in [0.2, 0.25) is 11.8 Å². The summed E-state index contributed by atoms with van der Waals surface area (Å²) in [6.45, 7) is 4.70. The summed E-state index contributed by atoms with van der Waals surface area (Å²) < 4.78 is 0. The monoisotopic (exact) mass is 262 g/mol. The van der Waals surface area contributed by atoms with Gasteiger partial charge in [-0.1, -0.05) is 44.2 Å². The van der Waals surface area contributed by atoms with Crippen molar-refractivity contribution in [3.8, 4) is 0 Å². The first kappa shape index (κ1) is 15.2. The molecule has 0 spiro atoms. The summed E-state index contributed by atoms with van der Waals surface area (Å²) >= 11 is 0. The molecule has 0 radical (unpaired) electrons. The first-order valence-corrected chi connectivity index (χ1v) is 6.71. The fourth-order valence-electron chi connectivity index (χ4n) is 1.76. The second-order valence-electron chi connectivity index (χ2n) is 4.64. The highest BCUT2D eigenvalue weighted by Crippen LogP contribution is 2.17. The fourth-order valence-corrected chi connectivity index (χ4v) is 1.76. The molecule has 0 aliphatic heterocycles. The number of carbonyl (C=O) groups excluding carboxylic acids is 2. The van der Waals surface area contributed by atoms with E-state index in [0.717, 1.165) is 12.0 Å². The van der Waals surface area contributed by atoms with Crippen LogP contribution >= 0.6 is 0 Å².